The molecule has 0 unspecified atom stereocenters. The highest BCUT2D eigenvalue weighted by atomic mass is 16.6. The van der Waals surface area contributed by atoms with Gasteiger partial charge in [-0.1, -0.05) is 64.2 Å². The number of alkyl carbamates (subject to hydrolysis) is 1. The number of rotatable bonds is 36. The SMILES string of the molecule is CO[C@H]1C[C@@H]2CC[C@@H](C)[C@@](O)(O2)C(=O)C(=O)N2CCCC[C@H]2C(=O)O[C@H]([C@H](N)C[C@@H]2CC[C@@H](OC(=O)NCCOCCOCCOCCOCCOCCOCCOCCOCCC(=O)N3CCN(c4cc(-n5nc(-c6ccc7oc(N)nc7c6)c6c(N)ccnc65)ncn4)CC3)[C@H](OC)C2)CC(=O)[C@H](C)/C=C(\C)[C@@H](O)[C@@H](O)C(=O)[C@H](C)C[C@H](C)/C=C/C=C/C=C/1C. The molecule has 1 saturated carbocycles. The van der Waals surface area contributed by atoms with Crippen LogP contribution in [0.4, 0.5) is 22.3 Å². The number of pyridine rings is 1. The predicted molar refractivity (Wildman–Crippen MR) is 468 cm³/mol. The van der Waals surface area contributed by atoms with Crippen molar-refractivity contribution >= 4 is 80.9 Å². The number of nitrogen functional groups attached to an aromatic ring is 2. The number of carbonyl (C=O) groups excluding carboxylic acids is 7. The number of esters is 1. The third kappa shape index (κ3) is 29.2. The van der Waals surface area contributed by atoms with E-state index in [1.54, 1.807) is 50.9 Å². The van der Waals surface area contributed by atoms with Gasteiger partial charge in [0.1, 0.15) is 59.6 Å². The van der Waals surface area contributed by atoms with Crippen LogP contribution in [-0.4, -0.2) is 316 Å². The summed E-state index contributed by atoms with van der Waals surface area (Å²) in [5, 5.41) is 42.9. The Labute approximate surface area is 741 Å². The van der Waals surface area contributed by atoms with Crippen LogP contribution in [0.15, 0.2) is 94.9 Å². The molecule has 3 saturated heterocycles. The van der Waals surface area contributed by atoms with Crippen molar-refractivity contribution in [3.8, 4) is 17.1 Å². The molecule has 37 heteroatoms. The number of oxazole rings is 1. The Bertz CT molecular complexity index is 4500. The molecule has 10 N–H and O–H groups in total. The number of anilines is 3. The molecule has 5 aliphatic rings. The number of fused-ring (bicyclic) bond motifs is 5. The summed E-state index contributed by atoms with van der Waals surface area (Å²) in [4.78, 5) is 121. The minimum absolute atomic E-state index is 0.00329. The lowest BCUT2D eigenvalue weighted by atomic mass is 9.80. The van der Waals surface area contributed by atoms with Crippen molar-refractivity contribution in [2.24, 2.45) is 35.3 Å². The molecule has 3 amide bonds. The van der Waals surface area contributed by atoms with E-state index in [4.69, 9.17) is 88.3 Å². The van der Waals surface area contributed by atoms with Crippen LogP contribution in [0, 0.1) is 29.6 Å². The number of nitrogens with two attached hydrogens (primary N) is 3. The zero-order valence-corrected chi connectivity index (χ0v) is 74.5. The van der Waals surface area contributed by atoms with Crippen molar-refractivity contribution in [1.29, 1.82) is 0 Å². The zero-order valence-electron chi connectivity index (χ0n) is 74.5. The first-order valence-electron chi connectivity index (χ1n) is 44.4. The van der Waals surface area contributed by atoms with Gasteiger partial charge in [0.2, 0.25) is 11.7 Å². The number of allylic oxidation sites excluding steroid dienone is 6. The molecule has 4 aromatic heterocycles. The molecule has 1 aliphatic carbocycles. The lowest BCUT2D eigenvalue weighted by Crippen LogP contribution is -2.61. The van der Waals surface area contributed by atoms with Crippen LogP contribution in [0.3, 0.4) is 0 Å². The summed E-state index contributed by atoms with van der Waals surface area (Å²) in [5.74, 6) is -8.10. The molecule has 2 bridgehead atoms. The summed E-state index contributed by atoms with van der Waals surface area (Å²) in [5.41, 5.74) is 23.8. The average molecular weight is 1780 g/mol. The number of piperidine rings is 1. The van der Waals surface area contributed by atoms with E-state index in [0.29, 0.717) is 209 Å². The number of ketones is 3. The first kappa shape index (κ1) is 100.0. The van der Waals surface area contributed by atoms with E-state index in [1.165, 1.54) is 26.4 Å². The van der Waals surface area contributed by atoms with Gasteiger partial charge >= 0.3 is 12.1 Å². The predicted octanol–water partition coefficient (Wildman–Crippen LogP) is 6.32. The number of hydrogen-bond acceptors (Lipinski definition) is 33. The number of aliphatic hydroxyl groups is 3. The van der Waals surface area contributed by atoms with E-state index < -0.39 is 120 Å². The molecule has 4 aliphatic heterocycles. The summed E-state index contributed by atoms with van der Waals surface area (Å²) in [6.07, 6.45) is 10.1. The summed E-state index contributed by atoms with van der Waals surface area (Å²) in [6, 6.07) is 6.88. The molecular formula is C90H131N13O24. The molecule has 700 valence electrons. The molecule has 10 rings (SSSR count). The number of Topliss-reactive ketones (excluding diaryl/α,β-unsaturated/α-hetero) is 3. The summed E-state index contributed by atoms with van der Waals surface area (Å²) < 4.78 is 82.1. The number of carbonyl (C=O) groups is 7. The molecular weight excluding hydrogens is 1650 g/mol. The number of aromatic nitrogens is 6. The number of nitrogens with one attached hydrogen (secondary N) is 1. The number of nitrogens with zero attached hydrogens (tertiary/aromatic N) is 9. The summed E-state index contributed by atoms with van der Waals surface area (Å²) in [7, 11) is 3.06. The van der Waals surface area contributed by atoms with Gasteiger partial charge in [0.15, 0.2) is 22.8 Å². The lowest BCUT2D eigenvalue weighted by Gasteiger charge is -2.42. The van der Waals surface area contributed by atoms with Gasteiger partial charge in [0.05, 0.1) is 136 Å². The molecule has 15 atom stereocenters. The van der Waals surface area contributed by atoms with Gasteiger partial charge in [-0.25, -0.2) is 24.5 Å². The highest BCUT2D eigenvalue weighted by Crippen LogP contribution is 2.39. The number of methoxy groups -OCH3 is 2. The van der Waals surface area contributed by atoms with Crippen LogP contribution in [-0.2, 0) is 90.3 Å². The maximum atomic E-state index is 14.7. The van der Waals surface area contributed by atoms with E-state index in [9.17, 15) is 48.9 Å². The highest BCUT2D eigenvalue weighted by Gasteiger charge is 2.53. The lowest BCUT2D eigenvalue weighted by molar-refractivity contribution is -0.265. The van der Waals surface area contributed by atoms with Crippen LogP contribution in [0.1, 0.15) is 125 Å². The maximum absolute atomic E-state index is 14.7. The number of amides is 3. The van der Waals surface area contributed by atoms with Crippen molar-refractivity contribution in [1.82, 2.24) is 44.8 Å². The number of piperazine rings is 1. The van der Waals surface area contributed by atoms with Gasteiger partial charge in [-0.3, -0.25) is 24.0 Å². The first-order valence-corrected chi connectivity index (χ1v) is 44.4. The van der Waals surface area contributed by atoms with Crippen molar-refractivity contribution in [3.63, 3.8) is 0 Å². The topological polar surface area (TPSA) is 482 Å². The summed E-state index contributed by atoms with van der Waals surface area (Å²) in [6.45, 7) is 18.2. The number of aliphatic hydroxyl groups excluding tert-OH is 2. The number of hydrogen-bond donors (Lipinski definition) is 7. The van der Waals surface area contributed by atoms with Crippen molar-refractivity contribution < 1.29 is 115 Å². The Morgan fingerprint density at radius 3 is 2.00 bits per heavy atom. The number of benzene rings is 1. The molecule has 4 fully saturated rings. The minimum atomic E-state index is -2.51. The third-order valence-electron chi connectivity index (χ3n) is 23.9. The Morgan fingerprint density at radius 2 is 1.34 bits per heavy atom. The van der Waals surface area contributed by atoms with Gasteiger partial charge in [-0.2, -0.15) is 14.8 Å². The van der Waals surface area contributed by atoms with Crippen molar-refractivity contribution in [3.05, 3.63) is 90.5 Å². The Morgan fingerprint density at radius 1 is 0.685 bits per heavy atom. The smallest absolute Gasteiger partial charge is 0.407 e. The molecule has 0 spiro atoms. The quantitative estimate of drug-likeness (QED) is 0.00998. The Kier molecular flexibility index (Phi) is 39.9. The van der Waals surface area contributed by atoms with E-state index in [0.717, 1.165) is 16.0 Å². The van der Waals surface area contributed by atoms with Gasteiger partial charge in [-0.05, 0) is 125 Å². The normalized spacial score (nSPS) is 27.2. The van der Waals surface area contributed by atoms with Crippen molar-refractivity contribution in [2.75, 3.05) is 176 Å². The third-order valence-corrected chi connectivity index (χ3v) is 23.9. The second-order valence-corrected chi connectivity index (χ2v) is 33.2. The summed E-state index contributed by atoms with van der Waals surface area (Å²) >= 11 is 0. The zero-order chi connectivity index (χ0) is 90.9. The molecule has 37 nitrogen and oxygen atoms in total. The van der Waals surface area contributed by atoms with Gasteiger partial charge in [0.25, 0.3) is 17.7 Å². The van der Waals surface area contributed by atoms with E-state index >= 15 is 0 Å². The average Bonchev–Trinajstić information content (AvgIpc) is 1.60. The Hall–Kier alpha value is -9.16. The molecule has 127 heavy (non-hydrogen) atoms. The Balaban J connectivity index is 0.546. The van der Waals surface area contributed by atoms with Gasteiger partial charge in [0, 0.05) is 114 Å². The van der Waals surface area contributed by atoms with Crippen LogP contribution >= 0.6 is 0 Å². The monoisotopic (exact) mass is 1780 g/mol. The number of cyclic esters (lactones) is 1. The molecule has 0 radical (unpaired) electrons. The second kappa shape index (κ2) is 50.7. The van der Waals surface area contributed by atoms with E-state index in [2.05, 4.69) is 30.2 Å². The van der Waals surface area contributed by atoms with Crippen LogP contribution in [0.25, 0.3) is 39.2 Å². The fourth-order valence-corrected chi connectivity index (χ4v) is 16.5. The number of ether oxygens (including phenoxy) is 13. The van der Waals surface area contributed by atoms with Gasteiger partial charge < -0.3 is 119 Å². The molecule has 8 heterocycles. The van der Waals surface area contributed by atoms with Gasteiger partial charge in [-0.15, -0.1) is 0 Å². The van der Waals surface area contributed by atoms with E-state index in [1.807, 2.05) is 67.3 Å². The first-order chi connectivity index (χ1) is 61.2. The van der Waals surface area contributed by atoms with Crippen LogP contribution in [0.5, 0.6) is 0 Å². The molecule has 1 aromatic carbocycles. The maximum Gasteiger partial charge on any atom is 0.407 e. The minimum Gasteiger partial charge on any atom is -0.459 e. The highest BCUT2D eigenvalue weighted by molar-refractivity contribution is 6.39. The van der Waals surface area contributed by atoms with Crippen LogP contribution in [0.2, 0.25) is 0 Å². The fraction of sp³-hybridized carbons (Fsp3) is 0.644. The largest absolute Gasteiger partial charge is 0.459 e. The van der Waals surface area contributed by atoms with E-state index in [-0.39, 0.29) is 87.9 Å². The van der Waals surface area contributed by atoms with Crippen LogP contribution < -0.4 is 27.4 Å². The molecule has 5 aromatic rings. The fourth-order valence-electron chi connectivity index (χ4n) is 16.5. The van der Waals surface area contributed by atoms with Crippen molar-refractivity contribution in [2.45, 2.75) is 186 Å². The standard InChI is InChI=1S/C90H131N13O24/c1-57-14-10-9-11-15-58(2)73(114-7)53-65-20-17-62(6)90(113,127-65)84(109)86(110)102-27-13-12-16-69(102)87(111)124-74(54-70(104)59(3)49-61(5)82(107)83(108)81(106)60(4)48-57)67(92)50-63-18-21-72(75(51-63)115-8)126-89(112)95-26-33-117-35-37-119-39-41-121-43-45-123-47-46-122-44-42-120-40-38-118-36-34-116-32-24-78(105)101-30-28-100(29-31-101)76-55-77(97-56-96-76)103-85-79(66(91)23-25-94-85)80(99-103)64-19-22-71-68(52-64)98-88(93)125-71/h9-11,14-15,19,22-23,25,49,52,55-57,59-60,62-63,65,67,69,72-75,82-83,107-108,113H,12-13,16-18,20-21,24,26-48,50-51,53-54,92H2,1-8H3,(H2,91,94)(H2,93,98)(H,95,112)/b11-9+,14-10+,58-15+,61-49+/t57-,59-,60-,62-,63+,65+,67-,69+,72-,73+,74+,75-,82-,83+,90-/m1/s1. The second-order valence-electron chi connectivity index (χ2n) is 33.2.